The number of carbonyl (C=O) groups excluding carboxylic acids is 1. The van der Waals surface area contributed by atoms with Gasteiger partial charge in [-0.15, -0.1) is 24.0 Å². The van der Waals surface area contributed by atoms with Crippen LogP contribution >= 0.6 is 24.0 Å². The van der Waals surface area contributed by atoms with Crippen LogP contribution in [0.3, 0.4) is 0 Å². The number of carbonyl (C=O) groups is 1. The van der Waals surface area contributed by atoms with E-state index < -0.39 is 0 Å². The quantitative estimate of drug-likeness (QED) is 0.429. The van der Waals surface area contributed by atoms with Crippen LogP contribution in [0.5, 0.6) is 0 Å². The molecule has 1 fully saturated rings. The minimum Gasteiger partial charge on any atom is -0.370 e. The summed E-state index contributed by atoms with van der Waals surface area (Å²) in [5, 5.41) is 0. The summed E-state index contributed by atoms with van der Waals surface area (Å²) < 4.78 is 0. The molecule has 1 amide bonds. The highest BCUT2D eigenvalue weighted by molar-refractivity contribution is 14.0. The Morgan fingerprint density at radius 2 is 2.00 bits per heavy atom. The Morgan fingerprint density at radius 3 is 2.61 bits per heavy atom. The molecular formula is C17H27IN4O. The zero-order valence-corrected chi connectivity index (χ0v) is 16.3. The maximum absolute atomic E-state index is 11.7. The molecule has 1 aliphatic rings. The highest BCUT2D eigenvalue weighted by atomic mass is 127. The lowest BCUT2D eigenvalue weighted by atomic mass is 10.1. The van der Waals surface area contributed by atoms with Gasteiger partial charge in [-0.3, -0.25) is 4.79 Å². The number of benzene rings is 1. The molecule has 5 nitrogen and oxygen atoms in total. The maximum Gasteiger partial charge on any atom is 0.222 e. The molecule has 0 saturated carbocycles. The van der Waals surface area contributed by atoms with E-state index in [4.69, 9.17) is 5.73 Å². The molecule has 2 rings (SSSR count). The molecule has 0 aliphatic carbocycles. The SMILES string of the molecule is CCN(CC)C(N)=NCc1cccc(CN2CCCC2=O)c1.I. The van der Waals surface area contributed by atoms with Crippen molar-refractivity contribution in [2.45, 2.75) is 39.8 Å². The van der Waals surface area contributed by atoms with Crippen molar-refractivity contribution in [3.63, 3.8) is 0 Å². The van der Waals surface area contributed by atoms with Crippen LogP contribution < -0.4 is 5.73 Å². The van der Waals surface area contributed by atoms with Gasteiger partial charge in [-0.25, -0.2) is 4.99 Å². The molecule has 2 N–H and O–H groups in total. The monoisotopic (exact) mass is 430 g/mol. The first-order valence-corrected chi connectivity index (χ1v) is 8.04. The molecule has 1 saturated heterocycles. The molecule has 0 bridgehead atoms. The standard InChI is InChI=1S/C17H26N4O.HI/c1-3-20(4-2)17(18)19-12-14-7-5-8-15(11-14)13-21-10-6-9-16(21)22;/h5,7-8,11H,3-4,6,9-10,12-13H2,1-2H3,(H2,18,19);1H. The summed E-state index contributed by atoms with van der Waals surface area (Å²) in [5.74, 6) is 0.847. The van der Waals surface area contributed by atoms with Gasteiger partial charge < -0.3 is 15.5 Å². The van der Waals surface area contributed by atoms with E-state index in [0.717, 1.165) is 37.2 Å². The molecule has 1 aliphatic heterocycles. The van der Waals surface area contributed by atoms with Crippen LogP contribution in [0.2, 0.25) is 0 Å². The first-order chi connectivity index (χ1) is 10.6. The Morgan fingerprint density at radius 1 is 1.30 bits per heavy atom. The Balaban J connectivity index is 0.00000264. The molecule has 128 valence electrons. The summed E-state index contributed by atoms with van der Waals surface area (Å²) >= 11 is 0. The Labute approximate surface area is 156 Å². The van der Waals surface area contributed by atoms with Gasteiger partial charge in [0.1, 0.15) is 0 Å². The first-order valence-electron chi connectivity index (χ1n) is 8.04. The fraction of sp³-hybridized carbons (Fsp3) is 0.529. The van der Waals surface area contributed by atoms with Gasteiger partial charge in [0.2, 0.25) is 5.91 Å². The number of aliphatic imine (C=N–C) groups is 1. The molecule has 0 aromatic heterocycles. The third-order valence-corrected chi connectivity index (χ3v) is 4.05. The van der Waals surface area contributed by atoms with E-state index in [1.54, 1.807) is 0 Å². The number of amides is 1. The van der Waals surface area contributed by atoms with Crippen molar-refractivity contribution >= 4 is 35.8 Å². The van der Waals surface area contributed by atoms with Gasteiger partial charge in [0.15, 0.2) is 5.96 Å². The molecular weight excluding hydrogens is 403 g/mol. The summed E-state index contributed by atoms with van der Waals surface area (Å²) in [6, 6.07) is 8.25. The molecule has 23 heavy (non-hydrogen) atoms. The Bertz CT molecular complexity index is 543. The molecule has 0 atom stereocenters. The second kappa shape index (κ2) is 9.75. The number of hydrogen-bond acceptors (Lipinski definition) is 2. The van der Waals surface area contributed by atoms with E-state index in [9.17, 15) is 4.79 Å². The highest BCUT2D eigenvalue weighted by Gasteiger charge is 2.19. The van der Waals surface area contributed by atoms with Crippen molar-refractivity contribution in [1.29, 1.82) is 0 Å². The number of hydrogen-bond donors (Lipinski definition) is 1. The van der Waals surface area contributed by atoms with Crippen LogP contribution in [0.4, 0.5) is 0 Å². The third kappa shape index (κ3) is 5.67. The summed E-state index contributed by atoms with van der Waals surface area (Å²) in [4.78, 5) is 20.1. The van der Waals surface area contributed by atoms with Crippen molar-refractivity contribution in [2.75, 3.05) is 19.6 Å². The first kappa shape index (κ1) is 19.7. The normalized spacial score (nSPS) is 14.8. The summed E-state index contributed by atoms with van der Waals surface area (Å²) in [5.41, 5.74) is 8.28. The molecule has 1 aromatic carbocycles. The zero-order valence-electron chi connectivity index (χ0n) is 14.0. The van der Waals surface area contributed by atoms with Gasteiger partial charge >= 0.3 is 0 Å². The number of halogens is 1. The zero-order chi connectivity index (χ0) is 15.9. The maximum atomic E-state index is 11.7. The van der Waals surface area contributed by atoms with Crippen LogP contribution in [0.1, 0.15) is 37.8 Å². The fourth-order valence-corrected chi connectivity index (χ4v) is 2.74. The second-order valence-electron chi connectivity index (χ2n) is 5.59. The van der Waals surface area contributed by atoms with Gasteiger partial charge in [0.25, 0.3) is 0 Å². The summed E-state index contributed by atoms with van der Waals surface area (Å²) in [6.07, 6.45) is 1.66. The average Bonchev–Trinajstić information content (AvgIpc) is 2.92. The second-order valence-corrected chi connectivity index (χ2v) is 5.59. The molecule has 0 radical (unpaired) electrons. The fourth-order valence-electron chi connectivity index (χ4n) is 2.74. The number of nitrogens with two attached hydrogens (primary N) is 1. The molecule has 0 unspecified atom stereocenters. The lowest BCUT2D eigenvalue weighted by Crippen LogP contribution is -2.37. The smallest absolute Gasteiger partial charge is 0.222 e. The predicted octanol–water partition coefficient (Wildman–Crippen LogP) is 2.58. The van der Waals surface area contributed by atoms with Gasteiger partial charge in [0.05, 0.1) is 6.54 Å². The lowest BCUT2D eigenvalue weighted by Gasteiger charge is -2.19. The molecule has 0 spiro atoms. The van der Waals surface area contributed by atoms with E-state index in [1.165, 1.54) is 0 Å². The van der Waals surface area contributed by atoms with E-state index in [-0.39, 0.29) is 29.9 Å². The van der Waals surface area contributed by atoms with Crippen molar-refractivity contribution in [2.24, 2.45) is 10.7 Å². The van der Waals surface area contributed by atoms with Crippen molar-refractivity contribution in [3.8, 4) is 0 Å². The average molecular weight is 430 g/mol. The highest BCUT2D eigenvalue weighted by Crippen LogP contribution is 2.15. The third-order valence-electron chi connectivity index (χ3n) is 4.05. The van der Waals surface area contributed by atoms with Gasteiger partial charge in [-0.05, 0) is 31.4 Å². The van der Waals surface area contributed by atoms with Crippen molar-refractivity contribution in [1.82, 2.24) is 9.80 Å². The van der Waals surface area contributed by atoms with Crippen LogP contribution in [-0.2, 0) is 17.9 Å². The van der Waals surface area contributed by atoms with E-state index in [1.807, 2.05) is 21.9 Å². The van der Waals surface area contributed by atoms with Crippen LogP contribution in [0, 0.1) is 0 Å². The number of likely N-dealkylation sites (tertiary alicyclic amines) is 1. The van der Waals surface area contributed by atoms with Crippen molar-refractivity contribution < 1.29 is 4.79 Å². The van der Waals surface area contributed by atoms with E-state index in [0.29, 0.717) is 25.5 Å². The molecule has 1 aromatic rings. The number of nitrogens with zero attached hydrogens (tertiary/aromatic N) is 3. The molecule has 6 heteroatoms. The summed E-state index contributed by atoms with van der Waals surface area (Å²) in [6.45, 7) is 8.01. The van der Waals surface area contributed by atoms with E-state index >= 15 is 0 Å². The van der Waals surface area contributed by atoms with Crippen LogP contribution in [-0.4, -0.2) is 41.3 Å². The Kier molecular flexibility index (Phi) is 8.36. The van der Waals surface area contributed by atoms with Crippen molar-refractivity contribution in [3.05, 3.63) is 35.4 Å². The molecule has 1 heterocycles. The van der Waals surface area contributed by atoms with Gasteiger partial charge in [-0.1, -0.05) is 24.3 Å². The topological polar surface area (TPSA) is 61.9 Å². The Hall–Kier alpha value is -1.31. The summed E-state index contributed by atoms with van der Waals surface area (Å²) in [7, 11) is 0. The minimum atomic E-state index is 0. The van der Waals surface area contributed by atoms with E-state index in [2.05, 4.69) is 31.0 Å². The number of rotatable bonds is 6. The lowest BCUT2D eigenvalue weighted by molar-refractivity contribution is -0.128. The minimum absolute atomic E-state index is 0. The van der Waals surface area contributed by atoms with Crippen LogP contribution in [0.15, 0.2) is 29.3 Å². The van der Waals surface area contributed by atoms with Gasteiger partial charge in [-0.2, -0.15) is 0 Å². The predicted molar refractivity (Wildman–Crippen MR) is 105 cm³/mol. The largest absolute Gasteiger partial charge is 0.370 e. The van der Waals surface area contributed by atoms with Gasteiger partial charge in [0, 0.05) is 32.6 Å². The van der Waals surface area contributed by atoms with Crippen LogP contribution in [0.25, 0.3) is 0 Å². The number of guanidine groups is 1.